The van der Waals surface area contributed by atoms with Crippen LogP contribution in [0, 0.1) is 10.1 Å². The number of nitrogens with zero attached hydrogens (tertiary/aromatic N) is 2. The predicted molar refractivity (Wildman–Crippen MR) is 122 cm³/mol. The first-order valence-corrected chi connectivity index (χ1v) is 10.5. The van der Waals surface area contributed by atoms with Crippen molar-refractivity contribution in [1.29, 1.82) is 0 Å². The maximum Gasteiger partial charge on any atom is 0.273 e. The topological polar surface area (TPSA) is 107 Å². The molecule has 0 bridgehead atoms. The van der Waals surface area contributed by atoms with E-state index in [-0.39, 0.29) is 11.6 Å². The number of furan rings is 1. The first-order valence-electron chi connectivity index (χ1n) is 8.91. The average molecular weight is 500 g/mol. The maximum atomic E-state index is 12.3. The highest BCUT2D eigenvalue weighted by Crippen LogP contribution is 2.35. The van der Waals surface area contributed by atoms with Crippen molar-refractivity contribution >= 4 is 56.2 Å². The Hall–Kier alpha value is -3.37. The van der Waals surface area contributed by atoms with Gasteiger partial charge in [0.15, 0.2) is 5.17 Å². The molecule has 0 spiro atoms. The highest BCUT2D eigenvalue weighted by molar-refractivity contribution is 9.10. The minimum atomic E-state index is -0.493. The van der Waals surface area contributed by atoms with E-state index in [4.69, 9.17) is 9.15 Å². The summed E-state index contributed by atoms with van der Waals surface area (Å²) < 4.78 is 12.0. The van der Waals surface area contributed by atoms with Crippen LogP contribution in [-0.4, -0.2) is 23.1 Å². The maximum absolute atomic E-state index is 12.3. The zero-order valence-electron chi connectivity index (χ0n) is 16.0. The van der Waals surface area contributed by atoms with Crippen molar-refractivity contribution in [3.8, 4) is 17.1 Å². The van der Waals surface area contributed by atoms with Crippen molar-refractivity contribution in [2.45, 2.75) is 0 Å². The number of hydrogen-bond donors (Lipinski definition) is 1. The van der Waals surface area contributed by atoms with Gasteiger partial charge in [-0.2, -0.15) is 0 Å². The first kappa shape index (κ1) is 20.9. The second kappa shape index (κ2) is 8.78. The number of thioether (sulfide) groups is 1. The Bertz CT molecular complexity index is 1250. The molecule has 1 fully saturated rings. The van der Waals surface area contributed by atoms with Gasteiger partial charge in [-0.15, -0.1) is 0 Å². The highest BCUT2D eigenvalue weighted by Gasteiger charge is 2.24. The molecule has 1 N–H and O–H groups in total. The molecule has 0 radical (unpaired) electrons. The molecule has 31 heavy (non-hydrogen) atoms. The predicted octanol–water partition coefficient (Wildman–Crippen LogP) is 5.52. The molecular weight excluding hydrogens is 486 g/mol. The van der Waals surface area contributed by atoms with E-state index in [9.17, 15) is 14.9 Å². The van der Waals surface area contributed by atoms with Crippen LogP contribution in [0.15, 0.2) is 73.4 Å². The second-order valence-electron chi connectivity index (χ2n) is 6.31. The minimum absolute atomic E-state index is 0.0780. The molecule has 1 saturated heterocycles. The van der Waals surface area contributed by atoms with Gasteiger partial charge in [-0.3, -0.25) is 14.9 Å². The first-order chi connectivity index (χ1) is 14.9. The summed E-state index contributed by atoms with van der Waals surface area (Å²) in [5, 5.41) is 14.2. The third kappa shape index (κ3) is 4.70. The number of benzene rings is 2. The molecule has 156 valence electrons. The van der Waals surface area contributed by atoms with Gasteiger partial charge in [0.1, 0.15) is 17.3 Å². The summed E-state index contributed by atoms with van der Waals surface area (Å²) in [4.78, 5) is 27.7. The van der Waals surface area contributed by atoms with E-state index in [1.807, 2.05) is 24.3 Å². The Morgan fingerprint density at radius 2 is 2.06 bits per heavy atom. The Morgan fingerprint density at radius 3 is 2.81 bits per heavy atom. The number of carbonyl (C=O) groups is 1. The molecule has 3 aromatic rings. The molecule has 2 aromatic carbocycles. The monoisotopic (exact) mass is 499 g/mol. The fourth-order valence-corrected chi connectivity index (χ4v) is 4.05. The number of methoxy groups -OCH3 is 1. The molecular formula is C21H14BrN3O5S. The van der Waals surface area contributed by atoms with Crippen molar-refractivity contribution in [2.75, 3.05) is 7.11 Å². The number of non-ortho nitro benzene ring substituents is 1. The van der Waals surface area contributed by atoms with Gasteiger partial charge in [-0.1, -0.05) is 22.0 Å². The van der Waals surface area contributed by atoms with E-state index < -0.39 is 4.92 Å². The molecule has 0 unspecified atom stereocenters. The number of nitrogens with one attached hydrogen (secondary N) is 1. The lowest BCUT2D eigenvalue weighted by Gasteiger charge is -2.05. The molecule has 2 heterocycles. The van der Waals surface area contributed by atoms with E-state index in [0.717, 1.165) is 4.47 Å². The van der Waals surface area contributed by atoms with Crippen LogP contribution in [0.3, 0.4) is 0 Å². The van der Waals surface area contributed by atoms with Gasteiger partial charge >= 0.3 is 0 Å². The number of nitro groups is 1. The Labute approximate surface area is 189 Å². The van der Waals surface area contributed by atoms with Gasteiger partial charge < -0.3 is 14.5 Å². The Kier molecular flexibility index (Phi) is 5.92. The summed E-state index contributed by atoms with van der Waals surface area (Å²) in [5.74, 6) is 0.964. The summed E-state index contributed by atoms with van der Waals surface area (Å²) in [5.41, 5.74) is 1.20. The lowest BCUT2D eigenvalue weighted by molar-refractivity contribution is -0.384. The van der Waals surface area contributed by atoms with Gasteiger partial charge in [0, 0.05) is 16.6 Å². The molecule has 1 aromatic heterocycles. The minimum Gasteiger partial charge on any atom is -0.496 e. The summed E-state index contributed by atoms with van der Waals surface area (Å²) >= 11 is 4.60. The van der Waals surface area contributed by atoms with Crippen molar-refractivity contribution in [1.82, 2.24) is 5.32 Å². The van der Waals surface area contributed by atoms with Gasteiger partial charge in [-0.25, -0.2) is 4.99 Å². The number of amidine groups is 1. The molecule has 0 aliphatic carbocycles. The zero-order chi connectivity index (χ0) is 22.0. The molecule has 1 amide bonds. The van der Waals surface area contributed by atoms with Crippen LogP contribution in [0.25, 0.3) is 17.4 Å². The number of rotatable bonds is 5. The zero-order valence-corrected chi connectivity index (χ0v) is 18.4. The third-order valence-corrected chi connectivity index (χ3v) is 5.65. The van der Waals surface area contributed by atoms with E-state index in [1.165, 1.54) is 31.0 Å². The van der Waals surface area contributed by atoms with Crippen LogP contribution in [0.5, 0.6) is 5.75 Å². The standard InChI is InChI=1S/C21H14BrN3O5S/c1-29-18-10-14(25(27)28)5-7-16(18)17-8-6-15(30-17)11-19-20(26)24-21(31-19)23-13-4-2-3-12(22)9-13/h2-11H,1H3,(H,23,24,26)/b19-11-. The molecule has 0 saturated carbocycles. The van der Waals surface area contributed by atoms with E-state index >= 15 is 0 Å². The van der Waals surface area contributed by atoms with Gasteiger partial charge in [-0.05, 0) is 48.2 Å². The van der Waals surface area contributed by atoms with Crippen molar-refractivity contribution < 1.29 is 18.9 Å². The summed E-state index contributed by atoms with van der Waals surface area (Å²) in [6.45, 7) is 0. The third-order valence-electron chi connectivity index (χ3n) is 4.25. The Balaban J connectivity index is 1.57. The highest BCUT2D eigenvalue weighted by atomic mass is 79.9. The largest absolute Gasteiger partial charge is 0.496 e. The van der Waals surface area contributed by atoms with Gasteiger partial charge in [0.2, 0.25) is 0 Å². The molecule has 10 heteroatoms. The number of amides is 1. The van der Waals surface area contributed by atoms with Gasteiger partial charge in [0.05, 0.1) is 34.3 Å². The van der Waals surface area contributed by atoms with Crippen LogP contribution >= 0.6 is 27.7 Å². The smallest absolute Gasteiger partial charge is 0.273 e. The fraction of sp³-hybridized carbons (Fsp3) is 0.0476. The summed E-state index contributed by atoms with van der Waals surface area (Å²) in [6, 6.07) is 15.1. The second-order valence-corrected chi connectivity index (χ2v) is 8.25. The van der Waals surface area contributed by atoms with Crippen LogP contribution in [0.2, 0.25) is 0 Å². The molecule has 0 atom stereocenters. The summed E-state index contributed by atoms with van der Waals surface area (Å²) in [7, 11) is 1.43. The van der Waals surface area contributed by atoms with Crippen LogP contribution in [0.4, 0.5) is 11.4 Å². The molecule has 1 aliphatic heterocycles. The normalized spacial score (nSPS) is 16.0. The number of ether oxygens (including phenoxy) is 1. The average Bonchev–Trinajstić information content (AvgIpc) is 3.34. The Morgan fingerprint density at radius 1 is 1.23 bits per heavy atom. The van der Waals surface area contributed by atoms with Crippen LogP contribution in [-0.2, 0) is 4.79 Å². The number of hydrogen-bond acceptors (Lipinski definition) is 7. The quantitative estimate of drug-likeness (QED) is 0.281. The number of halogens is 1. The molecule has 4 rings (SSSR count). The van der Waals surface area contributed by atoms with Crippen molar-refractivity contribution in [3.05, 3.63) is 79.8 Å². The van der Waals surface area contributed by atoms with E-state index in [1.54, 1.807) is 24.3 Å². The van der Waals surface area contributed by atoms with Crippen molar-refractivity contribution in [2.24, 2.45) is 4.99 Å². The lowest BCUT2D eigenvalue weighted by Crippen LogP contribution is -2.19. The SMILES string of the molecule is COc1cc([N+](=O)[O-])ccc1-c1ccc(/C=C2\SC(=Nc3cccc(Br)c3)NC2=O)o1. The van der Waals surface area contributed by atoms with E-state index in [0.29, 0.717) is 38.6 Å². The van der Waals surface area contributed by atoms with Crippen LogP contribution in [0.1, 0.15) is 5.76 Å². The molecule has 1 aliphatic rings. The lowest BCUT2D eigenvalue weighted by atomic mass is 10.1. The number of aliphatic imine (C=N–C) groups is 1. The van der Waals surface area contributed by atoms with Gasteiger partial charge in [0.25, 0.3) is 11.6 Å². The molecule has 8 nitrogen and oxygen atoms in total. The fourth-order valence-electron chi connectivity index (χ4n) is 2.84. The summed E-state index contributed by atoms with van der Waals surface area (Å²) in [6.07, 6.45) is 1.62. The van der Waals surface area contributed by atoms with Crippen LogP contribution < -0.4 is 10.1 Å². The number of nitro benzene ring substituents is 1. The number of carbonyl (C=O) groups excluding carboxylic acids is 1. The van der Waals surface area contributed by atoms with Crippen molar-refractivity contribution in [3.63, 3.8) is 0 Å². The van der Waals surface area contributed by atoms with E-state index in [2.05, 4.69) is 26.2 Å².